The van der Waals surface area contributed by atoms with E-state index in [2.05, 4.69) is 0 Å². The molecule has 1 amide bonds. The first-order valence-electron chi connectivity index (χ1n) is 12.3. The van der Waals surface area contributed by atoms with E-state index in [9.17, 15) is 14.4 Å². The first-order valence-corrected chi connectivity index (χ1v) is 14.8. The van der Waals surface area contributed by atoms with Crippen molar-refractivity contribution in [2.24, 2.45) is 0 Å². The summed E-state index contributed by atoms with van der Waals surface area (Å²) in [6, 6.07) is 17.0. The van der Waals surface area contributed by atoms with Gasteiger partial charge in [-0.3, -0.25) is 9.69 Å². The van der Waals surface area contributed by atoms with Crippen LogP contribution in [0.5, 0.6) is 0 Å². The molecule has 0 N–H and O–H groups in total. The molecular weight excluding hydrogens is 539 g/mol. The van der Waals surface area contributed by atoms with E-state index in [0.29, 0.717) is 15.4 Å². The maximum atomic E-state index is 14.0. The largest absolute Gasteiger partial charge is 0.462 e. The number of fused-ring (bicyclic) bond motifs is 3. The van der Waals surface area contributed by atoms with Crippen molar-refractivity contribution in [3.05, 3.63) is 91.9 Å². The molecule has 0 radical (unpaired) electrons. The fourth-order valence-electron chi connectivity index (χ4n) is 4.81. The number of carbonyl (C=O) groups is 3. The van der Waals surface area contributed by atoms with Gasteiger partial charge in [-0.05, 0) is 57.4 Å². The van der Waals surface area contributed by atoms with Crippen molar-refractivity contribution in [1.29, 1.82) is 0 Å². The number of carbonyl (C=O) groups excluding carboxylic acids is 3. The fourth-order valence-corrected chi connectivity index (χ4v) is 9.20. The normalized spacial score (nSPS) is 21.3. The zero-order valence-electron chi connectivity index (χ0n) is 21.5. The summed E-state index contributed by atoms with van der Waals surface area (Å²) in [5.74, 6) is -0.948. The molecule has 1 atom stereocenters. The van der Waals surface area contributed by atoms with Crippen molar-refractivity contribution >= 4 is 64.4 Å². The standard InChI is InChI=1S/C29H27NO5S3/c1-5-34-26(32)21-16-29(36-17-22(38-29)27(33)35-6-2)23-19-14-10-11-15-20(19)30(28(3,4)24(23)37-21)25(31)18-12-8-7-9-13-18/h7-17H,5-6H2,1-4H3/t29-/m0/s1. The molecule has 3 heterocycles. The number of rotatable bonds is 5. The van der Waals surface area contributed by atoms with E-state index in [1.807, 2.05) is 79.4 Å². The summed E-state index contributed by atoms with van der Waals surface area (Å²) in [6.07, 6.45) is 1.90. The van der Waals surface area contributed by atoms with Crippen LogP contribution in [0.2, 0.25) is 0 Å². The topological polar surface area (TPSA) is 72.9 Å². The molecule has 3 aliphatic rings. The van der Waals surface area contributed by atoms with Crippen LogP contribution in [-0.4, -0.2) is 40.7 Å². The highest BCUT2D eigenvalue weighted by atomic mass is 32.2. The number of nitrogens with zero attached hydrogens (tertiary/aromatic N) is 1. The third-order valence-electron chi connectivity index (χ3n) is 6.42. The lowest BCUT2D eigenvalue weighted by Gasteiger charge is -2.49. The van der Waals surface area contributed by atoms with E-state index in [0.717, 1.165) is 21.7 Å². The maximum absolute atomic E-state index is 14.0. The van der Waals surface area contributed by atoms with Crippen LogP contribution >= 0.6 is 35.3 Å². The Morgan fingerprint density at radius 1 is 0.868 bits per heavy atom. The highest BCUT2D eigenvalue weighted by molar-refractivity contribution is 8.25. The van der Waals surface area contributed by atoms with Crippen LogP contribution in [-0.2, 0) is 19.1 Å². The Morgan fingerprint density at radius 2 is 1.50 bits per heavy atom. The van der Waals surface area contributed by atoms with Gasteiger partial charge in [0, 0.05) is 21.6 Å². The number of esters is 2. The minimum absolute atomic E-state index is 0.131. The first-order chi connectivity index (χ1) is 18.2. The van der Waals surface area contributed by atoms with Crippen molar-refractivity contribution in [3.8, 4) is 0 Å². The Morgan fingerprint density at radius 3 is 2.18 bits per heavy atom. The molecule has 2 aromatic rings. The molecule has 0 bridgehead atoms. The van der Waals surface area contributed by atoms with Gasteiger partial charge in [-0.1, -0.05) is 59.9 Å². The second-order valence-electron chi connectivity index (χ2n) is 9.21. The molecule has 0 aromatic heterocycles. The Balaban J connectivity index is 1.70. The summed E-state index contributed by atoms with van der Waals surface area (Å²) in [5.41, 5.74) is 2.40. The molecule has 5 rings (SSSR count). The van der Waals surface area contributed by atoms with Crippen LogP contribution in [0.4, 0.5) is 5.69 Å². The molecule has 6 nitrogen and oxygen atoms in total. The minimum Gasteiger partial charge on any atom is -0.462 e. The smallest absolute Gasteiger partial charge is 0.345 e. The van der Waals surface area contributed by atoms with Gasteiger partial charge in [0.25, 0.3) is 5.91 Å². The number of hydrogen-bond acceptors (Lipinski definition) is 8. The monoisotopic (exact) mass is 565 g/mol. The van der Waals surface area contributed by atoms with Crippen LogP contribution in [0.1, 0.15) is 43.6 Å². The molecule has 0 aliphatic carbocycles. The first kappa shape index (κ1) is 26.7. The third-order valence-corrected chi connectivity index (χ3v) is 10.7. The van der Waals surface area contributed by atoms with Crippen molar-refractivity contribution in [2.45, 2.75) is 37.3 Å². The number of ether oxygens (including phenoxy) is 2. The lowest BCUT2D eigenvalue weighted by molar-refractivity contribution is -0.138. The molecule has 38 heavy (non-hydrogen) atoms. The van der Waals surface area contributed by atoms with Gasteiger partial charge >= 0.3 is 11.9 Å². The summed E-state index contributed by atoms with van der Waals surface area (Å²) in [7, 11) is 0. The third kappa shape index (κ3) is 4.40. The van der Waals surface area contributed by atoms with Crippen molar-refractivity contribution < 1.29 is 23.9 Å². The van der Waals surface area contributed by atoms with E-state index >= 15 is 0 Å². The molecule has 0 fully saturated rings. The molecule has 1 spiro atoms. The number of anilines is 1. The quantitative estimate of drug-likeness (QED) is 0.375. The highest BCUT2D eigenvalue weighted by Gasteiger charge is 2.54. The zero-order chi connectivity index (χ0) is 27.1. The SMILES string of the molecule is CCOC(=O)C1=C[C@@]2(SC=C(C(=O)OCC)S2)C2=C(S1)C(C)(C)N(C(=O)c1ccccc1)c1ccccc12. The Hall–Kier alpha value is -2.88. The Bertz CT molecular complexity index is 1410. The van der Waals surface area contributed by atoms with Crippen LogP contribution in [0.3, 0.4) is 0 Å². The van der Waals surface area contributed by atoms with Gasteiger partial charge in [0.05, 0.1) is 29.3 Å². The highest BCUT2D eigenvalue weighted by Crippen LogP contribution is 2.66. The number of benzene rings is 2. The van der Waals surface area contributed by atoms with E-state index in [1.165, 1.54) is 35.3 Å². The Labute approximate surface area is 234 Å². The predicted molar refractivity (Wildman–Crippen MR) is 156 cm³/mol. The Kier molecular flexibility index (Phi) is 7.28. The van der Waals surface area contributed by atoms with Crippen LogP contribution < -0.4 is 4.90 Å². The molecule has 0 saturated carbocycles. The summed E-state index contributed by atoms with van der Waals surface area (Å²) >= 11 is 4.17. The van der Waals surface area contributed by atoms with Gasteiger partial charge in [0.15, 0.2) is 0 Å². The zero-order valence-corrected chi connectivity index (χ0v) is 23.9. The van der Waals surface area contributed by atoms with Crippen LogP contribution in [0.15, 0.2) is 80.8 Å². The minimum atomic E-state index is -0.811. The van der Waals surface area contributed by atoms with Gasteiger partial charge < -0.3 is 9.47 Å². The van der Waals surface area contributed by atoms with Crippen LogP contribution in [0.25, 0.3) is 5.57 Å². The lowest BCUT2D eigenvalue weighted by atomic mass is 9.84. The van der Waals surface area contributed by atoms with Crippen molar-refractivity contribution in [2.75, 3.05) is 18.1 Å². The molecule has 3 aliphatic heterocycles. The molecule has 9 heteroatoms. The van der Waals surface area contributed by atoms with Crippen LogP contribution in [0, 0.1) is 0 Å². The summed E-state index contributed by atoms with van der Waals surface area (Å²) < 4.78 is 9.88. The lowest BCUT2D eigenvalue weighted by Crippen LogP contribution is -2.53. The second-order valence-corrected chi connectivity index (χ2v) is 12.9. The molecule has 0 saturated heterocycles. The van der Waals surface area contributed by atoms with Gasteiger partial charge in [-0.15, -0.1) is 11.8 Å². The summed E-state index contributed by atoms with van der Waals surface area (Å²) in [4.78, 5) is 43.4. The molecule has 0 unspecified atom stereocenters. The maximum Gasteiger partial charge on any atom is 0.345 e. The van der Waals surface area contributed by atoms with Gasteiger partial charge in [-0.25, -0.2) is 9.59 Å². The second kappa shape index (κ2) is 10.4. The van der Waals surface area contributed by atoms with E-state index in [1.54, 1.807) is 19.3 Å². The molecule has 196 valence electrons. The molecular formula is C29H27NO5S3. The van der Waals surface area contributed by atoms with E-state index in [4.69, 9.17) is 9.47 Å². The average Bonchev–Trinajstić information content (AvgIpc) is 3.33. The van der Waals surface area contributed by atoms with Gasteiger partial charge in [0.1, 0.15) is 8.98 Å². The summed E-state index contributed by atoms with van der Waals surface area (Å²) in [5, 5.41) is 1.81. The fraction of sp³-hybridized carbons (Fsp3) is 0.276. The number of amides is 1. The number of thioether (sulfide) groups is 3. The summed E-state index contributed by atoms with van der Waals surface area (Å²) in [6.45, 7) is 8.06. The average molecular weight is 566 g/mol. The van der Waals surface area contributed by atoms with Gasteiger partial charge in [0.2, 0.25) is 0 Å². The van der Waals surface area contributed by atoms with Crippen molar-refractivity contribution in [3.63, 3.8) is 0 Å². The molecule has 2 aromatic carbocycles. The van der Waals surface area contributed by atoms with E-state index < -0.39 is 21.6 Å². The van der Waals surface area contributed by atoms with Crippen molar-refractivity contribution in [1.82, 2.24) is 0 Å². The number of para-hydroxylation sites is 1. The van der Waals surface area contributed by atoms with E-state index in [-0.39, 0.29) is 19.1 Å². The number of hydrogen-bond donors (Lipinski definition) is 0. The predicted octanol–water partition coefficient (Wildman–Crippen LogP) is 6.61. The van der Waals surface area contributed by atoms with Gasteiger partial charge in [-0.2, -0.15) is 0 Å².